The van der Waals surface area contributed by atoms with Crippen molar-refractivity contribution in [3.8, 4) is 0 Å². The maximum absolute atomic E-state index is 12.5. The van der Waals surface area contributed by atoms with Crippen molar-refractivity contribution in [1.82, 2.24) is 0 Å². The van der Waals surface area contributed by atoms with Gasteiger partial charge in [0.1, 0.15) is 5.25 Å². The number of thioether (sulfide) groups is 1. The molecule has 1 amide bonds. The third-order valence-corrected chi connectivity index (χ3v) is 4.63. The van der Waals surface area contributed by atoms with Gasteiger partial charge < -0.3 is 10.4 Å². The lowest BCUT2D eigenvalue weighted by Crippen LogP contribution is -2.20. The third-order valence-electron chi connectivity index (χ3n) is 2.90. The first kappa shape index (κ1) is 17.7. The fourth-order valence-corrected chi connectivity index (χ4v) is 2.98. The Morgan fingerprint density at radius 3 is 2.04 bits per heavy atom. The van der Waals surface area contributed by atoms with Crippen molar-refractivity contribution >= 4 is 52.5 Å². The topological polar surface area (TPSA) is 66.4 Å². The number of benzene rings is 2. The van der Waals surface area contributed by atoms with Crippen LogP contribution in [0.15, 0.2) is 48.5 Å². The molecule has 2 aromatic carbocycles. The fraction of sp³-hybridized carbons (Fsp3) is 0.125. The minimum atomic E-state index is -0.978. The molecule has 0 bridgehead atoms. The minimum Gasteiger partial charge on any atom is -0.481 e. The monoisotopic (exact) mass is 369 g/mol. The molecule has 7 heteroatoms. The molecule has 0 aliphatic rings. The molecule has 0 aliphatic heterocycles. The standard InChI is InChI=1S/C16H13Cl2NO3S/c17-11-3-1-10(2-4-11)15(23-9-14(20)21)16(22)19-13-7-5-12(18)6-8-13/h1-8,15H,9H2,(H,19,22)(H,20,21)/t15-/m0/s1. The second kappa shape index (κ2) is 8.24. The van der Waals surface area contributed by atoms with E-state index >= 15 is 0 Å². The Hall–Kier alpha value is -1.69. The number of anilines is 1. The number of nitrogens with one attached hydrogen (secondary N) is 1. The van der Waals surface area contributed by atoms with Gasteiger partial charge in [-0.15, -0.1) is 11.8 Å². The van der Waals surface area contributed by atoms with E-state index in [4.69, 9.17) is 28.3 Å². The molecule has 0 spiro atoms. The van der Waals surface area contributed by atoms with Crippen LogP contribution in [0.5, 0.6) is 0 Å². The van der Waals surface area contributed by atoms with Crippen molar-refractivity contribution < 1.29 is 14.7 Å². The van der Waals surface area contributed by atoms with E-state index in [1.807, 2.05) is 0 Å². The first-order valence-corrected chi connectivity index (χ1v) is 8.41. The SMILES string of the molecule is O=C(O)CS[C@H](C(=O)Nc1ccc(Cl)cc1)c1ccc(Cl)cc1. The number of carbonyl (C=O) groups is 2. The van der Waals surface area contributed by atoms with Gasteiger partial charge >= 0.3 is 5.97 Å². The van der Waals surface area contributed by atoms with Crippen LogP contribution < -0.4 is 5.32 Å². The molecule has 0 fully saturated rings. The Morgan fingerprint density at radius 2 is 1.52 bits per heavy atom. The van der Waals surface area contributed by atoms with E-state index < -0.39 is 11.2 Å². The molecular weight excluding hydrogens is 357 g/mol. The summed E-state index contributed by atoms with van der Waals surface area (Å²) in [5.74, 6) is -1.46. The molecule has 4 nitrogen and oxygen atoms in total. The zero-order valence-corrected chi connectivity index (χ0v) is 14.2. The Balaban J connectivity index is 2.17. The highest BCUT2D eigenvalue weighted by atomic mass is 35.5. The predicted molar refractivity (Wildman–Crippen MR) is 94.4 cm³/mol. The third kappa shape index (κ3) is 5.46. The Bertz CT molecular complexity index is 689. The van der Waals surface area contributed by atoms with Crippen LogP contribution in [0.3, 0.4) is 0 Å². The second-order valence-electron chi connectivity index (χ2n) is 4.63. The number of carboxylic acids is 1. The van der Waals surface area contributed by atoms with E-state index in [0.29, 0.717) is 21.3 Å². The minimum absolute atomic E-state index is 0.179. The first-order chi connectivity index (χ1) is 11.0. The Morgan fingerprint density at radius 1 is 1.00 bits per heavy atom. The van der Waals surface area contributed by atoms with E-state index in [0.717, 1.165) is 11.8 Å². The van der Waals surface area contributed by atoms with E-state index in [9.17, 15) is 9.59 Å². The summed E-state index contributed by atoms with van der Waals surface area (Å²) in [7, 11) is 0. The Labute approximate surface area is 147 Å². The number of hydrogen-bond donors (Lipinski definition) is 2. The number of rotatable bonds is 6. The number of hydrogen-bond acceptors (Lipinski definition) is 3. The van der Waals surface area contributed by atoms with E-state index in [1.54, 1.807) is 48.5 Å². The van der Waals surface area contributed by atoms with Gasteiger partial charge in [0.15, 0.2) is 0 Å². The second-order valence-corrected chi connectivity index (χ2v) is 6.60. The summed E-state index contributed by atoms with van der Waals surface area (Å²) < 4.78 is 0. The number of carboxylic acid groups (broad SMARTS) is 1. The molecule has 120 valence electrons. The summed E-state index contributed by atoms with van der Waals surface area (Å²) in [5.41, 5.74) is 1.28. The molecule has 0 unspecified atom stereocenters. The van der Waals surface area contributed by atoms with Gasteiger partial charge in [0, 0.05) is 15.7 Å². The lowest BCUT2D eigenvalue weighted by atomic mass is 10.1. The summed E-state index contributed by atoms with van der Waals surface area (Å²) in [6, 6.07) is 13.5. The summed E-state index contributed by atoms with van der Waals surface area (Å²) >= 11 is 12.7. The normalized spacial score (nSPS) is 11.7. The number of amides is 1. The highest BCUT2D eigenvalue weighted by molar-refractivity contribution is 8.00. The van der Waals surface area contributed by atoms with Crippen LogP contribution in [-0.4, -0.2) is 22.7 Å². The molecule has 1 atom stereocenters. The molecule has 2 aromatic rings. The van der Waals surface area contributed by atoms with Gasteiger partial charge in [0.25, 0.3) is 0 Å². The average Bonchev–Trinajstić information content (AvgIpc) is 2.51. The molecule has 0 heterocycles. The molecule has 0 saturated carbocycles. The van der Waals surface area contributed by atoms with Gasteiger partial charge in [-0.05, 0) is 42.0 Å². The van der Waals surface area contributed by atoms with Crippen LogP contribution in [-0.2, 0) is 9.59 Å². The summed E-state index contributed by atoms with van der Waals surface area (Å²) in [4.78, 5) is 23.3. The predicted octanol–water partition coefficient (Wildman–Crippen LogP) is 4.49. The van der Waals surface area contributed by atoms with Crippen molar-refractivity contribution in [3.63, 3.8) is 0 Å². The smallest absolute Gasteiger partial charge is 0.313 e. The van der Waals surface area contributed by atoms with Gasteiger partial charge in [0.2, 0.25) is 5.91 Å². The van der Waals surface area contributed by atoms with Crippen molar-refractivity contribution in [3.05, 3.63) is 64.1 Å². The quantitative estimate of drug-likeness (QED) is 0.786. The lowest BCUT2D eigenvalue weighted by molar-refractivity contribution is -0.133. The van der Waals surface area contributed by atoms with Crippen molar-refractivity contribution in [2.24, 2.45) is 0 Å². The van der Waals surface area contributed by atoms with Gasteiger partial charge in [-0.1, -0.05) is 35.3 Å². The van der Waals surface area contributed by atoms with Gasteiger partial charge in [-0.2, -0.15) is 0 Å². The number of carbonyl (C=O) groups excluding carboxylic acids is 1. The van der Waals surface area contributed by atoms with Crippen LogP contribution in [0.1, 0.15) is 10.8 Å². The Kier molecular flexibility index (Phi) is 6.33. The first-order valence-electron chi connectivity index (χ1n) is 6.61. The molecule has 2 N–H and O–H groups in total. The van der Waals surface area contributed by atoms with Crippen molar-refractivity contribution in [1.29, 1.82) is 0 Å². The molecule has 0 aliphatic carbocycles. The summed E-state index contributed by atoms with van der Waals surface area (Å²) in [6.07, 6.45) is 0. The van der Waals surface area contributed by atoms with Gasteiger partial charge in [0.05, 0.1) is 5.75 Å². The van der Waals surface area contributed by atoms with E-state index in [2.05, 4.69) is 5.32 Å². The van der Waals surface area contributed by atoms with E-state index in [-0.39, 0.29) is 11.7 Å². The van der Waals surface area contributed by atoms with Crippen LogP contribution in [0, 0.1) is 0 Å². The van der Waals surface area contributed by atoms with Gasteiger partial charge in [-0.25, -0.2) is 0 Å². The van der Waals surface area contributed by atoms with Crippen LogP contribution in [0.4, 0.5) is 5.69 Å². The van der Waals surface area contributed by atoms with Crippen molar-refractivity contribution in [2.45, 2.75) is 5.25 Å². The van der Waals surface area contributed by atoms with Crippen molar-refractivity contribution in [2.75, 3.05) is 11.1 Å². The zero-order valence-electron chi connectivity index (χ0n) is 11.8. The number of halogens is 2. The van der Waals surface area contributed by atoms with E-state index in [1.165, 1.54) is 0 Å². The highest BCUT2D eigenvalue weighted by Crippen LogP contribution is 2.31. The molecule has 0 radical (unpaired) electrons. The largest absolute Gasteiger partial charge is 0.481 e. The maximum atomic E-state index is 12.5. The summed E-state index contributed by atoms with van der Waals surface area (Å²) in [6.45, 7) is 0. The maximum Gasteiger partial charge on any atom is 0.313 e. The molecule has 23 heavy (non-hydrogen) atoms. The van der Waals surface area contributed by atoms with Crippen LogP contribution in [0.2, 0.25) is 10.0 Å². The lowest BCUT2D eigenvalue weighted by Gasteiger charge is -2.16. The fourth-order valence-electron chi connectivity index (χ4n) is 1.86. The van der Waals surface area contributed by atoms with Crippen LogP contribution >= 0.6 is 35.0 Å². The number of aliphatic carboxylic acids is 1. The molecule has 0 saturated heterocycles. The molecular formula is C16H13Cl2NO3S. The average molecular weight is 370 g/mol. The van der Waals surface area contributed by atoms with Crippen LogP contribution in [0.25, 0.3) is 0 Å². The summed E-state index contributed by atoms with van der Waals surface area (Å²) in [5, 5.41) is 12.1. The van der Waals surface area contributed by atoms with Gasteiger partial charge in [-0.3, -0.25) is 9.59 Å². The molecule has 2 rings (SSSR count). The highest BCUT2D eigenvalue weighted by Gasteiger charge is 2.22. The molecule has 0 aromatic heterocycles. The zero-order chi connectivity index (χ0) is 16.8.